The van der Waals surface area contributed by atoms with Crippen LogP contribution in [0.2, 0.25) is 0 Å². The quantitative estimate of drug-likeness (QED) is 0.226. The van der Waals surface area contributed by atoms with Crippen LogP contribution in [0.4, 0.5) is 0 Å². The second-order valence-corrected chi connectivity index (χ2v) is 1.31. The second kappa shape index (κ2) is 3.37. The average molecular weight is 144 g/mol. The molecular formula is C3H4N4O3. The molecule has 0 aromatic carbocycles. The van der Waals surface area contributed by atoms with Gasteiger partial charge in [-0.2, -0.15) is 11.1 Å². The van der Waals surface area contributed by atoms with Crippen LogP contribution in [0.15, 0.2) is 0 Å². The fourth-order valence-electron chi connectivity index (χ4n) is 0.240. The van der Waals surface area contributed by atoms with Gasteiger partial charge >= 0.3 is 5.91 Å². The lowest BCUT2D eigenvalue weighted by Gasteiger charge is -2.00. The maximum absolute atomic E-state index is 10.3. The number of hydrogen-bond acceptors (Lipinski definition) is 5. The Hall–Kier alpha value is -1.68. The number of nitriles is 1. The lowest BCUT2D eigenvalue weighted by molar-refractivity contribution is -0.637. The molecule has 0 fully saturated rings. The van der Waals surface area contributed by atoms with Crippen LogP contribution >= 0.6 is 0 Å². The summed E-state index contributed by atoms with van der Waals surface area (Å²) in [4.78, 5) is 20.0. The van der Waals surface area contributed by atoms with Gasteiger partial charge in [0.25, 0.3) is 0 Å². The summed E-state index contributed by atoms with van der Waals surface area (Å²) in [5.41, 5.74) is 0. The Morgan fingerprint density at radius 3 is 2.70 bits per heavy atom. The Bertz CT molecular complexity index is 194. The van der Waals surface area contributed by atoms with Gasteiger partial charge in [-0.15, -0.1) is 0 Å². The average Bonchev–Trinajstić information content (AvgIpc) is 1.87. The molecule has 0 unspecified atom stereocenters. The number of hydrogen-bond donors (Lipinski definition) is 1. The molecule has 0 radical (unpaired) electrons. The van der Waals surface area contributed by atoms with E-state index in [0.717, 1.165) is 0 Å². The molecule has 0 saturated heterocycles. The lowest BCUT2D eigenvalue weighted by Crippen LogP contribution is -2.41. The number of amides is 1. The smallest absolute Gasteiger partial charge is 0.266 e. The molecular weight excluding hydrogens is 140 g/mol. The SMILES string of the molecule is N#CCC(=O)N(N)[N+](=O)[O-]. The fraction of sp³-hybridized carbons (Fsp3) is 0.333. The van der Waals surface area contributed by atoms with Gasteiger partial charge in [-0.1, -0.05) is 0 Å². The molecule has 0 bridgehead atoms. The predicted octanol–water partition coefficient (Wildman–Crippen LogP) is -1.21. The molecule has 0 spiro atoms. The minimum absolute atomic E-state index is 0.219. The number of nitrogens with zero attached hydrogens (tertiary/aromatic N) is 3. The van der Waals surface area contributed by atoms with E-state index in [-0.39, 0.29) is 5.12 Å². The first-order chi connectivity index (χ1) is 4.59. The van der Waals surface area contributed by atoms with Gasteiger partial charge in [-0.3, -0.25) is 4.79 Å². The van der Waals surface area contributed by atoms with E-state index in [4.69, 9.17) is 5.26 Å². The zero-order chi connectivity index (χ0) is 8.15. The highest BCUT2D eigenvalue weighted by molar-refractivity contribution is 5.76. The highest BCUT2D eigenvalue weighted by Gasteiger charge is 2.18. The van der Waals surface area contributed by atoms with E-state index in [0.29, 0.717) is 0 Å². The van der Waals surface area contributed by atoms with Crippen molar-refractivity contribution < 1.29 is 9.83 Å². The first kappa shape index (κ1) is 8.32. The summed E-state index contributed by atoms with van der Waals surface area (Å²) in [6, 6.07) is 1.43. The van der Waals surface area contributed by atoms with Crippen molar-refractivity contribution in [2.24, 2.45) is 5.84 Å². The number of carbonyl (C=O) groups excluding carboxylic acids is 1. The maximum Gasteiger partial charge on any atom is 0.316 e. The molecule has 0 heterocycles. The van der Waals surface area contributed by atoms with E-state index in [1.807, 2.05) is 0 Å². The van der Waals surface area contributed by atoms with E-state index >= 15 is 0 Å². The van der Waals surface area contributed by atoms with Gasteiger partial charge < -0.3 is 0 Å². The van der Waals surface area contributed by atoms with Crippen molar-refractivity contribution in [3.05, 3.63) is 10.1 Å². The van der Waals surface area contributed by atoms with E-state index < -0.39 is 17.4 Å². The molecule has 0 aromatic rings. The Morgan fingerprint density at radius 2 is 2.40 bits per heavy atom. The van der Waals surface area contributed by atoms with Crippen LogP contribution in [-0.4, -0.2) is 16.1 Å². The highest BCUT2D eigenvalue weighted by Crippen LogP contribution is 1.84. The van der Waals surface area contributed by atoms with Gasteiger partial charge in [0, 0.05) is 5.12 Å². The molecule has 0 aliphatic carbocycles. The largest absolute Gasteiger partial charge is 0.316 e. The molecule has 7 nitrogen and oxygen atoms in total. The molecule has 0 aliphatic rings. The van der Waals surface area contributed by atoms with Crippen LogP contribution in [-0.2, 0) is 4.79 Å². The summed E-state index contributed by atoms with van der Waals surface area (Å²) in [7, 11) is 0. The number of carbonyl (C=O) groups is 1. The van der Waals surface area contributed by atoms with Gasteiger partial charge in [0.15, 0.2) is 5.03 Å². The van der Waals surface area contributed by atoms with Crippen LogP contribution in [0, 0.1) is 21.4 Å². The van der Waals surface area contributed by atoms with Crippen molar-refractivity contribution >= 4 is 5.91 Å². The van der Waals surface area contributed by atoms with Crippen LogP contribution in [0.25, 0.3) is 0 Å². The predicted molar refractivity (Wildman–Crippen MR) is 28.3 cm³/mol. The Morgan fingerprint density at radius 1 is 1.90 bits per heavy atom. The third-order valence-corrected chi connectivity index (χ3v) is 0.662. The van der Waals surface area contributed by atoms with Gasteiger partial charge in [0.05, 0.1) is 6.07 Å². The molecule has 0 atom stereocenters. The van der Waals surface area contributed by atoms with E-state index in [9.17, 15) is 14.9 Å². The van der Waals surface area contributed by atoms with Crippen molar-refractivity contribution in [3.8, 4) is 6.07 Å². The van der Waals surface area contributed by atoms with Crippen LogP contribution in [0.1, 0.15) is 6.42 Å². The van der Waals surface area contributed by atoms with Gasteiger partial charge in [-0.05, 0) is 0 Å². The van der Waals surface area contributed by atoms with E-state index in [1.165, 1.54) is 6.07 Å². The highest BCUT2D eigenvalue weighted by atomic mass is 16.7. The molecule has 2 N–H and O–H groups in total. The van der Waals surface area contributed by atoms with Crippen molar-refractivity contribution in [2.75, 3.05) is 0 Å². The second-order valence-electron chi connectivity index (χ2n) is 1.31. The first-order valence-electron chi connectivity index (χ1n) is 2.18. The third-order valence-electron chi connectivity index (χ3n) is 0.662. The molecule has 0 aliphatic heterocycles. The third kappa shape index (κ3) is 2.06. The minimum atomic E-state index is -1.10. The zero-order valence-corrected chi connectivity index (χ0v) is 4.85. The summed E-state index contributed by atoms with van der Waals surface area (Å²) >= 11 is 0. The first-order valence-corrected chi connectivity index (χ1v) is 2.18. The molecule has 0 saturated carbocycles. The van der Waals surface area contributed by atoms with Crippen molar-refractivity contribution in [1.82, 2.24) is 5.12 Å². The van der Waals surface area contributed by atoms with Gasteiger partial charge in [-0.25, -0.2) is 10.1 Å². The van der Waals surface area contributed by atoms with Crippen LogP contribution in [0.5, 0.6) is 0 Å². The Balaban J connectivity index is 3.98. The van der Waals surface area contributed by atoms with Crippen molar-refractivity contribution in [2.45, 2.75) is 6.42 Å². The molecule has 1 amide bonds. The summed E-state index contributed by atoms with van der Waals surface area (Å²) in [6.45, 7) is 0. The summed E-state index contributed by atoms with van der Waals surface area (Å²) in [5, 5.41) is 16.3. The lowest BCUT2D eigenvalue weighted by atomic mass is 10.4. The normalized spacial score (nSPS) is 8.00. The molecule has 54 valence electrons. The Kier molecular flexibility index (Phi) is 2.80. The molecule has 10 heavy (non-hydrogen) atoms. The fourth-order valence-corrected chi connectivity index (χ4v) is 0.240. The standard InChI is InChI=1S/C3H4N4O3/c4-2-1-3(8)6(5)7(9)10/h1,5H2. The van der Waals surface area contributed by atoms with Gasteiger partial charge in [0.1, 0.15) is 6.42 Å². The molecule has 0 aromatic heterocycles. The molecule has 0 rings (SSSR count). The minimum Gasteiger partial charge on any atom is -0.266 e. The zero-order valence-electron chi connectivity index (χ0n) is 4.85. The number of hydrazine groups is 2. The Labute approximate surface area is 55.7 Å². The summed E-state index contributed by atoms with van der Waals surface area (Å²) < 4.78 is 0. The maximum atomic E-state index is 10.3. The summed E-state index contributed by atoms with van der Waals surface area (Å²) in [5.74, 6) is 3.54. The topological polar surface area (TPSA) is 113 Å². The number of rotatable bonds is 2. The molecule has 7 heteroatoms. The van der Waals surface area contributed by atoms with Crippen LogP contribution < -0.4 is 5.84 Å². The van der Waals surface area contributed by atoms with Crippen LogP contribution in [0.3, 0.4) is 0 Å². The van der Waals surface area contributed by atoms with Crippen molar-refractivity contribution in [3.63, 3.8) is 0 Å². The van der Waals surface area contributed by atoms with Gasteiger partial charge in [0.2, 0.25) is 0 Å². The summed E-state index contributed by atoms with van der Waals surface area (Å²) in [6.07, 6.45) is -0.586. The van der Waals surface area contributed by atoms with E-state index in [1.54, 1.807) is 0 Å². The monoisotopic (exact) mass is 144 g/mol. The van der Waals surface area contributed by atoms with Crippen molar-refractivity contribution in [1.29, 1.82) is 5.26 Å². The number of nitrogens with two attached hydrogens (primary N) is 1. The van der Waals surface area contributed by atoms with E-state index in [2.05, 4.69) is 5.84 Å². The number of nitro groups is 1.